The van der Waals surface area contributed by atoms with Crippen LogP contribution < -0.4 is 10.2 Å². The lowest BCUT2D eigenvalue weighted by molar-refractivity contribution is -0.886. The number of nitrogens with one attached hydrogen (secondary N) is 2. The van der Waals surface area contributed by atoms with Crippen LogP contribution in [0.25, 0.3) is 11.5 Å². The van der Waals surface area contributed by atoms with Gasteiger partial charge in [0.2, 0.25) is 5.89 Å². The van der Waals surface area contributed by atoms with Crippen LogP contribution in [0.2, 0.25) is 0 Å². The van der Waals surface area contributed by atoms with Gasteiger partial charge in [-0.05, 0) is 24.3 Å². The number of halogens is 3. The number of rotatable bonds is 6. The minimum Gasteiger partial charge on any atom is -0.415 e. The highest BCUT2D eigenvalue weighted by molar-refractivity contribution is 5.92. The second kappa shape index (κ2) is 8.22. The molecule has 1 atom stereocenters. The van der Waals surface area contributed by atoms with E-state index in [2.05, 4.69) is 15.5 Å². The highest BCUT2D eigenvalue weighted by atomic mass is 19.4. The molecular formula is C19H18F3N4O2+. The molecule has 1 amide bonds. The van der Waals surface area contributed by atoms with Crippen molar-refractivity contribution >= 4 is 11.6 Å². The highest BCUT2D eigenvalue weighted by Crippen LogP contribution is 2.34. The monoisotopic (exact) mass is 391 g/mol. The summed E-state index contributed by atoms with van der Waals surface area (Å²) < 4.78 is 44.6. The fourth-order valence-corrected chi connectivity index (χ4v) is 2.65. The molecule has 0 saturated carbocycles. The summed E-state index contributed by atoms with van der Waals surface area (Å²) in [6.45, 7) is 0.198. The predicted molar refractivity (Wildman–Crippen MR) is 95.3 cm³/mol. The van der Waals surface area contributed by atoms with Crippen LogP contribution in [-0.2, 0) is 17.5 Å². The Hall–Kier alpha value is -3.20. The van der Waals surface area contributed by atoms with Crippen molar-refractivity contribution in [3.05, 3.63) is 66.1 Å². The number of aromatic nitrogens is 2. The minimum absolute atomic E-state index is 0.0603. The topological polar surface area (TPSA) is 72.5 Å². The molecule has 146 valence electrons. The molecule has 3 rings (SSSR count). The molecule has 28 heavy (non-hydrogen) atoms. The van der Waals surface area contributed by atoms with E-state index in [1.165, 1.54) is 18.2 Å². The lowest BCUT2D eigenvalue weighted by Gasteiger charge is -2.15. The molecule has 0 aliphatic heterocycles. The second-order valence-electron chi connectivity index (χ2n) is 6.27. The third-order valence-electron chi connectivity index (χ3n) is 3.91. The molecule has 3 aromatic rings. The van der Waals surface area contributed by atoms with Gasteiger partial charge in [0.1, 0.15) is 0 Å². The lowest BCUT2D eigenvalue weighted by Crippen LogP contribution is -3.08. The fourth-order valence-electron chi connectivity index (χ4n) is 2.65. The fraction of sp³-hybridized carbons (Fsp3) is 0.211. The largest absolute Gasteiger partial charge is 0.418 e. The van der Waals surface area contributed by atoms with Gasteiger partial charge in [-0.2, -0.15) is 13.2 Å². The van der Waals surface area contributed by atoms with Gasteiger partial charge in [-0.3, -0.25) is 4.79 Å². The Morgan fingerprint density at radius 1 is 1.07 bits per heavy atom. The number of hydrogen-bond acceptors (Lipinski definition) is 4. The summed E-state index contributed by atoms with van der Waals surface area (Å²) in [5.41, 5.74) is -0.372. The maximum absolute atomic E-state index is 13.0. The number of para-hydroxylation sites is 1. The van der Waals surface area contributed by atoms with Gasteiger partial charge in [0.15, 0.2) is 13.1 Å². The van der Waals surface area contributed by atoms with Gasteiger partial charge >= 0.3 is 6.18 Å². The maximum Gasteiger partial charge on any atom is 0.418 e. The number of benzene rings is 2. The van der Waals surface area contributed by atoms with Crippen molar-refractivity contribution < 1.29 is 27.3 Å². The molecule has 0 aliphatic carbocycles. The van der Waals surface area contributed by atoms with Crippen molar-refractivity contribution in [3.63, 3.8) is 0 Å². The Balaban J connectivity index is 1.59. The molecule has 1 aromatic heterocycles. The van der Waals surface area contributed by atoms with Gasteiger partial charge in [-0.15, -0.1) is 10.2 Å². The third-order valence-corrected chi connectivity index (χ3v) is 3.91. The van der Waals surface area contributed by atoms with Crippen LogP contribution in [0.1, 0.15) is 11.5 Å². The van der Waals surface area contributed by atoms with Crippen LogP contribution in [-0.4, -0.2) is 29.7 Å². The van der Waals surface area contributed by atoms with E-state index < -0.39 is 17.6 Å². The van der Waals surface area contributed by atoms with Gasteiger partial charge in [0.25, 0.3) is 11.8 Å². The molecular weight excluding hydrogens is 373 g/mol. The average Bonchev–Trinajstić information content (AvgIpc) is 3.10. The summed E-state index contributed by atoms with van der Waals surface area (Å²) in [6.07, 6.45) is -4.54. The van der Waals surface area contributed by atoms with Crippen LogP contribution in [0.15, 0.2) is 59.0 Å². The summed E-state index contributed by atoms with van der Waals surface area (Å²) in [6, 6.07) is 14.1. The van der Waals surface area contributed by atoms with E-state index >= 15 is 0 Å². The van der Waals surface area contributed by atoms with Crippen LogP contribution in [0.4, 0.5) is 18.9 Å². The molecule has 0 bridgehead atoms. The molecule has 1 unspecified atom stereocenters. The van der Waals surface area contributed by atoms with E-state index in [9.17, 15) is 18.0 Å². The summed E-state index contributed by atoms with van der Waals surface area (Å²) >= 11 is 0. The first-order valence-corrected chi connectivity index (χ1v) is 8.48. The number of anilines is 1. The molecule has 0 fully saturated rings. The number of amides is 1. The van der Waals surface area contributed by atoms with Gasteiger partial charge in [0, 0.05) is 5.56 Å². The standard InChI is InChI=1S/C19H17F3N4O2/c1-26(12-17-24-25-18(28-17)13-7-3-2-4-8-13)11-16(27)23-15-10-6-5-9-14(15)19(20,21)22/h2-10H,11-12H2,1H3,(H,23,27)/p+1. The first-order valence-electron chi connectivity index (χ1n) is 8.48. The molecule has 9 heteroatoms. The van der Waals surface area contributed by atoms with E-state index in [4.69, 9.17) is 4.42 Å². The number of nitrogens with zero attached hydrogens (tertiary/aromatic N) is 2. The summed E-state index contributed by atoms with van der Waals surface area (Å²) in [5, 5.41) is 10.2. The van der Waals surface area contributed by atoms with E-state index in [0.29, 0.717) is 16.7 Å². The first kappa shape index (κ1) is 19.6. The van der Waals surface area contributed by atoms with Crippen molar-refractivity contribution in [2.45, 2.75) is 12.7 Å². The quantitative estimate of drug-likeness (QED) is 0.677. The minimum atomic E-state index is -4.54. The second-order valence-corrected chi connectivity index (χ2v) is 6.27. The van der Waals surface area contributed by atoms with E-state index in [1.54, 1.807) is 7.05 Å². The van der Waals surface area contributed by atoms with Crippen molar-refractivity contribution in [1.29, 1.82) is 0 Å². The molecule has 0 spiro atoms. The number of carbonyl (C=O) groups is 1. The molecule has 2 N–H and O–H groups in total. The number of carbonyl (C=O) groups excluding carboxylic acids is 1. The summed E-state index contributed by atoms with van der Waals surface area (Å²) in [5.74, 6) is 0.156. The van der Waals surface area contributed by atoms with Crippen molar-refractivity contribution in [2.75, 3.05) is 18.9 Å². The normalized spacial score (nSPS) is 12.6. The molecule has 2 aromatic carbocycles. The van der Waals surface area contributed by atoms with Crippen LogP contribution in [0.3, 0.4) is 0 Å². The van der Waals surface area contributed by atoms with Crippen LogP contribution >= 0.6 is 0 Å². The Bertz CT molecular complexity index is 942. The van der Waals surface area contributed by atoms with Gasteiger partial charge in [-0.1, -0.05) is 30.3 Å². The van der Waals surface area contributed by atoms with Crippen molar-refractivity contribution in [2.24, 2.45) is 0 Å². The first-order chi connectivity index (χ1) is 13.3. The SMILES string of the molecule is C[NH+](CC(=O)Nc1ccccc1C(F)(F)F)Cc1nnc(-c2ccccc2)o1. The maximum atomic E-state index is 13.0. The van der Waals surface area contributed by atoms with Crippen molar-refractivity contribution in [3.8, 4) is 11.5 Å². The zero-order valence-electron chi connectivity index (χ0n) is 15.0. The zero-order valence-corrected chi connectivity index (χ0v) is 15.0. The molecule has 0 aliphatic rings. The zero-order chi connectivity index (χ0) is 20.1. The smallest absolute Gasteiger partial charge is 0.415 e. The van der Waals surface area contributed by atoms with Gasteiger partial charge in [0.05, 0.1) is 18.3 Å². The van der Waals surface area contributed by atoms with Crippen LogP contribution in [0, 0.1) is 0 Å². The van der Waals surface area contributed by atoms with Crippen molar-refractivity contribution in [1.82, 2.24) is 10.2 Å². The Kier molecular flexibility index (Phi) is 5.74. The predicted octanol–water partition coefficient (Wildman–Crippen LogP) is 2.41. The number of alkyl halides is 3. The molecule has 6 nitrogen and oxygen atoms in total. The Morgan fingerprint density at radius 2 is 1.75 bits per heavy atom. The average molecular weight is 391 g/mol. The van der Waals surface area contributed by atoms with Gasteiger partial charge < -0.3 is 14.6 Å². The Morgan fingerprint density at radius 3 is 2.46 bits per heavy atom. The molecule has 0 radical (unpaired) electrons. The summed E-state index contributed by atoms with van der Waals surface area (Å²) in [4.78, 5) is 12.8. The van der Waals surface area contributed by atoms with E-state index in [-0.39, 0.29) is 18.8 Å². The van der Waals surface area contributed by atoms with Crippen LogP contribution in [0.5, 0.6) is 0 Å². The third kappa shape index (κ3) is 4.95. The Labute approximate surface area is 159 Å². The number of hydrogen-bond donors (Lipinski definition) is 2. The van der Waals surface area contributed by atoms with Gasteiger partial charge in [-0.25, -0.2) is 0 Å². The summed E-state index contributed by atoms with van der Waals surface area (Å²) in [7, 11) is 1.71. The number of likely N-dealkylation sites (N-methyl/N-ethyl adjacent to an activating group) is 1. The number of quaternary nitrogens is 1. The highest BCUT2D eigenvalue weighted by Gasteiger charge is 2.33. The lowest BCUT2D eigenvalue weighted by atomic mass is 10.1. The molecule has 1 heterocycles. The van der Waals surface area contributed by atoms with E-state index in [0.717, 1.165) is 11.6 Å². The molecule has 0 saturated heterocycles. The van der Waals surface area contributed by atoms with E-state index in [1.807, 2.05) is 30.3 Å².